The van der Waals surface area contributed by atoms with Gasteiger partial charge >= 0.3 is 0 Å². The molecule has 1 aromatic carbocycles. The smallest absolute Gasteiger partial charge is 0.154 e. The zero-order chi connectivity index (χ0) is 12.7. The summed E-state index contributed by atoms with van der Waals surface area (Å²) in [5.74, 6) is 1.12. The van der Waals surface area contributed by atoms with Gasteiger partial charge in [0.15, 0.2) is 5.76 Å². The second kappa shape index (κ2) is 3.99. The Hall–Kier alpha value is -2.07. The molecule has 0 saturated heterocycles. The summed E-state index contributed by atoms with van der Waals surface area (Å²) < 4.78 is 5.74. The number of nitrogen functional groups attached to an aromatic ring is 1. The predicted octanol–water partition coefficient (Wildman–Crippen LogP) is 3.43. The summed E-state index contributed by atoms with van der Waals surface area (Å²) in [5.41, 5.74) is 8.04. The molecule has 90 valence electrons. The number of anilines is 1. The van der Waals surface area contributed by atoms with Gasteiger partial charge in [0.05, 0.1) is 0 Å². The molecular weight excluding hydrogens is 250 g/mol. The van der Waals surface area contributed by atoms with Gasteiger partial charge in [0, 0.05) is 16.0 Å². The molecule has 0 aliphatic heterocycles. The third-order valence-corrected chi connectivity index (χ3v) is 3.07. The van der Waals surface area contributed by atoms with Crippen LogP contribution >= 0.6 is 11.6 Å². The van der Waals surface area contributed by atoms with Crippen LogP contribution < -0.4 is 5.73 Å². The molecule has 3 rings (SSSR count). The van der Waals surface area contributed by atoms with Gasteiger partial charge in [-0.1, -0.05) is 11.6 Å². The van der Waals surface area contributed by atoms with Crippen LogP contribution in [-0.2, 0) is 0 Å². The highest BCUT2D eigenvalue weighted by atomic mass is 35.5. The second-order valence-electron chi connectivity index (χ2n) is 4.03. The molecule has 0 aliphatic rings. The van der Waals surface area contributed by atoms with Crippen LogP contribution in [0.1, 0.15) is 5.56 Å². The molecule has 0 unspecified atom stereocenters. The largest absolute Gasteiger partial charge is 0.454 e. The molecule has 0 aliphatic carbocycles. The van der Waals surface area contributed by atoms with Crippen molar-refractivity contribution in [3.8, 4) is 11.5 Å². The van der Waals surface area contributed by atoms with Gasteiger partial charge in [-0.3, -0.25) is 0 Å². The Morgan fingerprint density at radius 2 is 2.06 bits per heavy atom. The number of nitrogens with zero attached hydrogens (tertiary/aromatic N) is 2. The zero-order valence-electron chi connectivity index (χ0n) is 9.64. The zero-order valence-corrected chi connectivity index (χ0v) is 10.4. The number of aromatic nitrogens is 2. The molecule has 0 atom stereocenters. The van der Waals surface area contributed by atoms with Gasteiger partial charge in [0.1, 0.15) is 23.4 Å². The number of hydrogen-bond donors (Lipinski definition) is 1. The number of hydrogen-bond acceptors (Lipinski definition) is 4. The van der Waals surface area contributed by atoms with Crippen LogP contribution in [0.15, 0.2) is 35.0 Å². The lowest BCUT2D eigenvalue weighted by Crippen LogP contribution is -1.97. The maximum absolute atomic E-state index is 5.94. The van der Waals surface area contributed by atoms with E-state index in [0.29, 0.717) is 22.3 Å². The van der Waals surface area contributed by atoms with Gasteiger partial charge in [-0.15, -0.1) is 0 Å². The summed E-state index contributed by atoms with van der Waals surface area (Å²) in [5, 5.41) is 1.61. The Balaban J connectivity index is 2.22. The van der Waals surface area contributed by atoms with Crippen LogP contribution in [0.4, 0.5) is 5.82 Å². The highest BCUT2D eigenvalue weighted by Gasteiger charge is 2.12. The van der Waals surface area contributed by atoms with Crippen LogP contribution in [-0.4, -0.2) is 9.97 Å². The maximum Gasteiger partial charge on any atom is 0.154 e. The summed E-state index contributed by atoms with van der Waals surface area (Å²) >= 11 is 5.94. The highest BCUT2D eigenvalue weighted by Crippen LogP contribution is 2.30. The summed E-state index contributed by atoms with van der Waals surface area (Å²) in [7, 11) is 0. The van der Waals surface area contributed by atoms with Crippen molar-refractivity contribution < 1.29 is 4.42 Å². The quantitative estimate of drug-likeness (QED) is 0.727. The van der Waals surface area contributed by atoms with E-state index in [4.69, 9.17) is 21.8 Å². The lowest BCUT2D eigenvalue weighted by Gasteiger charge is -2.02. The van der Waals surface area contributed by atoms with E-state index in [9.17, 15) is 0 Å². The van der Waals surface area contributed by atoms with E-state index >= 15 is 0 Å². The van der Waals surface area contributed by atoms with Gasteiger partial charge in [0.2, 0.25) is 0 Å². The average Bonchev–Trinajstić information content (AvgIpc) is 2.75. The summed E-state index contributed by atoms with van der Waals surface area (Å²) in [6.07, 6.45) is 1.43. The van der Waals surface area contributed by atoms with Crippen LogP contribution in [0.3, 0.4) is 0 Å². The number of nitrogens with two attached hydrogens (primary N) is 1. The highest BCUT2D eigenvalue weighted by molar-refractivity contribution is 6.31. The normalized spacial score (nSPS) is 11.0. The minimum absolute atomic E-state index is 0.457. The Kier molecular flexibility index (Phi) is 2.45. The Morgan fingerprint density at radius 3 is 2.89 bits per heavy atom. The molecule has 3 aromatic rings. The molecule has 2 aromatic heterocycles. The van der Waals surface area contributed by atoms with Gasteiger partial charge in [-0.25, -0.2) is 9.97 Å². The van der Waals surface area contributed by atoms with E-state index in [1.165, 1.54) is 6.33 Å². The van der Waals surface area contributed by atoms with Crippen LogP contribution in [0.5, 0.6) is 0 Å². The van der Waals surface area contributed by atoms with E-state index in [0.717, 1.165) is 16.5 Å². The molecule has 2 N–H and O–H groups in total. The minimum Gasteiger partial charge on any atom is -0.454 e. The van der Waals surface area contributed by atoms with Crippen molar-refractivity contribution in [3.63, 3.8) is 0 Å². The number of furan rings is 1. The van der Waals surface area contributed by atoms with Crippen molar-refractivity contribution >= 4 is 28.4 Å². The summed E-state index contributed by atoms with van der Waals surface area (Å²) in [6.45, 7) is 1.87. The van der Waals surface area contributed by atoms with E-state index in [-0.39, 0.29) is 0 Å². The van der Waals surface area contributed by atoms with Crippen molar-refractivity contribution in [2.24, 2.45) is 0 Å². The van der Waals surface area contributed by atoms with Crippen molar-refractivity contribution in [2.75, 3.05) is 5.73 Å². The molecule has 5 heteroatoms. The van der Waals surface area contributed by atoms with Crippen molar-refractivity contribution in [3.05, 3.63) is 41.2 Å². The fourth-order valence-corrected chi connectivity index (χ4v) is 2.02. The lowest BCUT2D eigenvalue weighted by atomic mass is 10.2. The van der Waals surface area contributed by atoms with Crippen molar-refractivity contribution in [1.82, 2.24) is 9.97 Å². The molecular formula is C13H10ClN3O. The maximum atomic E-state index is 5.94. The van der Waals surface area contributed by atoms with Crippen LogP contribution in [0.2, 0.25) is 5.02 Å². The number of fused-ring (bicyclic) bond motifs is 1. The molecule has 0 spiro atoms. The minimum atomic E-state index is 0.457. The molecule has 0 saturated carbocycles. The van der Waals surface area contributed by atoms with Crippen molar-refractivity contribution in [2.45, 2.75) is 6.92 Å². The van der Waals surface area contributed by atoms with Gasteiger partial charge in [0.25, 0.3) is 0 Å². The first-order valence-electron chi connectivity index (χ1n) is 5.41. The molecule has 0 bridgehead atoms. The second-order valence-corrected chi connectivity index (χ2v) is 4.46. The number of halogens is 1. The third kappa shape index (κ3) is 1.71. The van der Waals surface area contributed by atoms with Gasteiger partial charge < -0.3 is 10.2 Å². The van der Waals surface area contributed by atoms with Crippen LogP contribution in [0.25, 0.3) is 22.4 Å². The number of benzene rings is 1. The summed E-state index contributed by atoms with van der Waals surface area (Å²) in [6, 6.07) is 7.37. The number of rotatable bonds is 1. The Bertz CT molecular complexity index is 736. The first-order valence-corrected chi connectivity index (χ1v) is 5.79. The first kappa shape index (κ1) is 11.0. The van der Waals surface area contributed by atoms with Gasteiger partial charge in [-0.05, 0) is 31.2 Å². The monoisotopic (exact) mass is 259 g/mol. The van der Waals surface area contributed by atoms with E-state index in [1.54, 1.807) is 6.07 Å². The fraction of sp³-hybridized carbons (Fsp3) is 0.0769. The van der Waals surface area contributed by atoms with Gasteiger partial charge in [-0.2, -0.15) is 0 Å². The first-order chi connectivity index (χ1) is 8.65. The SMILES string of the molecule is Cc1c(N)ncnc1-c1cc2cc(Cl)ccc2o1. The Morgan fingerprint density at radius 1 is 1.22 bits per heavy atom. The topological polar surface area (TPSA) is 64.9 Å². The van der Waals surface area contributed by atoms with E-state index in [1.807, 2.05) is 25.1 Å². The summed E-state index contributed by atoms with van der Waals surface area (Å²) in [4.78, 5) is 8.15. The van der Waals surface area contributed by atoms with E-state index < -0.39 is 0 Å². The molecule has 0 amide bonds. The average molecular weight is 260 g/mol. The third-order valence-electron chi connectivity index (χ3n) is 2.83. The van der Waals surface area contributed by atoms with E-state index in [2.05, 4.69) is 9.97 Å². The van der Waals surface area contributed by atoms with Crippen LogP contribution in [0, 0.1) is 6.92 Å². The molecule has 0 radical (unpaired) electrons. The molecule has 18 heavy (non-hydrogen) atoms. The Labute approximate surface area is 108 Å². The van der Waals surface area contributed by atoms with Crippen molar-refractivity contribution in [1.29, 1.82) is 0 Å². The standard InChI is InChI=1S/C13H10ClN3O/c1-7-12(16-6-17-13(7)15)11-5-8-4-9(14)2-3-10(8)18-11/h2-6H,1H3,(H2,15,16,17). The fourth-order valence-electron chi connectivity index (χ4n) is 1.84. The lowest BCUT2D eigenvalue weighted by molar-refractivity contribution is 0.628. The predicted molar refractivity (Wildman–Crippen MR) is 71.4 cm³/mol. The molecule has 2 heterocycles. The molecule has 0 fully saturated rings. The molecule has 4 nitrogen and oxygen atoms in total.